The summed E-state index contributed by atoms with van der Waals surface area (Å²) < 4.78 is 17.6. The molecule has 0 radical (unpaired) electrons. The SMILES string of the molecule is CCCC(C)CS(=O)c1nc2ccc(N)cc2o1. The second-order valence-electron chi connectivity index (χ2n) is 4.61. The summed E-state index contributed by atoms with van der Waals surface area (Å²) in [6.07, 6.45) is 2.17. The number of fused-ring (bicyclic) bond motifs is 1. The Kier molecular flexibility index (Phi) is 4.01. The number of rotatable bonds is 5. The van der Waals surface area contributed by atoms with E-state index in [4.69, 9.17) is 10.2 Å². The van der Waals surface area contributed by atoms with Gasteiger partial charge in [-0.25, -0.2) is 9.19 Å². The Labute approximate surface area is 109 Å². The van der Waals surface area contributed by atoms with Crippen LogP contribution in [-0.4, -0.2) is 14.9 Å². The van der Waals surface area contributed by atoms with Gasteiger partial charge in [0, 0.05) is 17.5 Å². The standard InChI is InChI=1S/C13H18N2O2S/c1-3-4-9(2)8-18(16)13-15-11-6-5-10(14)7-12(11)17-13/h5-7,9H,3-4,8,14H2,1-2H3. The van der Waals surface area contributed by atoms with Crippen molar-refractivity contribution in [1.82, 2.24) is 4.98 Å². The van der Waals surface area contributed by atoms with Gasteiger partial charge >= 0.3 is 0 Å². The highest BCUT2D eigenvalue weighted by atomic mass is 32.2. The van der Waals surface area contributed by atoms with E-state index >= 15 is 0 Å². The first-order valence-electron chi connectivity index (χ1n) is 6.14. The van der Waals surface area contributed by atoms with Crippen molar-refractivity contribution < 1.29 is 8.63 Å². The highest BCUT2D eigenvalue weighted by molar-refractivity contribution is 7.84. The minimum absolute atomic E-state index is 0.304. The van der Waals surface area contributed by atoms with Gasteiger partial charge in [-0.1, -0.05) is 26.7 Å². The first-order valence-corrected chi connectivity index (χ1v) is 7.46. The number of hydrogen-bond acceptors (Lipinski definition) is 4. The van der Waals surface area contributed by atoms with Crippen molar-refractivity contribution in [3.8, 4) is 0 Å². The van der Waals surface area contributed by atoms with E-state index in [2.05, 4.69) is 18.8 Å². The van der Waals surface area contributed by atoms with Gasteiger partial charge in [-0.2, -0.15) is 0 Å². The van der Waals surface area contributed by atoms with Gasteiger partial charge in [-0.15, -0.1) is 0 Å². The number of nitrogens with two attached hydrogens (primary N) is 1. The Morgan fingerprint density at radius 1 is 1.50 bits per heavy atom. The smallest absolute Gasteiger partial charge is 0.287 e. The van der Waals surface area contributed by atoms with Crippen molar-refractivity contribution in [3.05, 3.63) is 18.2 Å². The Hall–Kier alpha value is -1.36. The third-order valence-electron chi connectivity index (χ3n) is 2.81. The van der Waals surface area contributed by atoms with E-state index in [1.54, 1.807) is 18.2 Å². The second-order valence-corrected chi connectivity index (χ2v) is 5.99. The van der Waals surface area contributed by atoms with Crippen LogP contribution >= 0.6 is 0 Å². The minimum atomic E-state index is -1.17. The molecule has 1 aromatic heterocycles. The predicted octanol–water partition coefficient (Wildman–Crippen LogP) is 2.95. The van der Waals surface area contributed by atoms with Crippen LogP contribution in [0.5, 0.6) is 0 Å². The second kappa shape index (κ2) is 5.52. The average molecular weight is 266 g/mol. The van der Waals surface area contributed by atoms with Gasteiger partial charge < -0.3 is 10.2 Å². The number of nitrogens with zero attached hydrogens (tertiary/aromatic N) is 1. The molecule has 0 aliphatic heterocycles. The van der Waals surface area contributed by atoms with E-state index in [9.17, 15) is 4.21 Å². The van der Waals surface area contributed by atoms with Crippen LogP contribution in [0.2, 0.25) is 0 Å². The zero-order valence-electron chi connectivity index (χ0n) is 10.7. The monoisotopic (exact) mass is 266 g/mol. The molecule has 2 unspecified atom stereocenters. The first-order chi connectivity index (χ1) is 8.60. The van der Waals surface area contributed by atoms with Crippen LogP contribution in [0.3, 0.4) is 0 Å². The number of aromatic nitrogens is 1. The molecule has 0 aliphatic carbocycles. The highest BCUT2D eigenvalue weighted by Gasteiger charge is 2.15. The maximum Gasteiger partial charge on any atom is 0.287 e. The van der Waals surface area contributed by atoms with E-state index in [-0.39, 0.29) is 0 Å². The van der Waals surface area contributed by atoms with Crippen molar-refractivity contribution >= 4 is 27.6 Å². The van der Waals surface area contributed by atoms with E-state index < -0.39 is 10.8 Å². The summed E-state index contributed by atoms with van der Waals surface area (Å²) in [6, 6.07) is 5.25. The molecule has 0 amide bonds. The first kappa shape index (κ1) is 13.1. The van der Waals surface area contributed by atoms with Crippen molar-refractivity contribution in [1.29, 1.82) is 0 Å². The minimum Gasteiger partial charge on any atom is -0.430 e. The van der Waals surface area contributed by atoms with Crippen LogP contribution < -0.4 is 5.73 Å². The molecule has 2 N–H and O–H groups in total. The van der Waals surface area contributed by atoms with E-state index in [0.29, 0.717) is 33.7 Å². The third-order valence-corrected chi connectivity index (χ3v) is 4.24. The normalized spacial score (nSPS) is 14.8. The molecule has 2 aromatic rings. The van der Waals surface area contributed by atoms with Gasteiger partial charge in [-0.3, -0.25) is 0 Å². The number of oxazole rings is 1. The molecule has 0 aliphatic rings. The van der Waals surface area contributed by atoms with Crippen molar-refractivity contribution in [2.24, 2.45) is 5.92 Å². The largest absolute Gasteiger partial charge is 0.430 e. The molecule has 0 spiro atoms. The van der Waals surface area contributed by atoms with Crippen LogP contribution in [-0.2, 0) is 10.8 Å². The van der Waals surface area contributed by atoms with Gasteiger partial charge in [0.2, 0.25) is 0 Å². The lowest BCUT2D eigenvalue weighted by Crippen LogP contribution is -2.08. The molecule has 98 valence electrons. The molecule has 18 heavy (non-hydrogen) atoms. The lowest BCUT2D eigenvalue weighted by molar-refractivity contribution is 0.473. The molecule has 2 rings (SSSR count). The Bertz CT molecular complexity index is 565. The summed E-state index contributed by atoms with van der Waals surface area (Å²) in [5, 5.41) is 0.304. The molecule has 0 fully saturated rings. The molecular formula is C13H18N2O2S. The number of benzene rings is 1. The van der Waals surface area contributed by atoms with Crippen molar-refractivity contribution in [3.63, 3.8) is 0 Å². The van der Waals surface area contributed by atoms with Crippen LogP contribution in [0.4, 0.5) is 5.69 Å². The summed E-state index contributed by atoms with van der Waals surface area (Å²) in [4.78, 5) is 4.24. The molecular weight excluding hydrogens is 248 g/mol. The van der Waals surface area contributed by atoms with Crippen LogP contribution in [0, 0.1) is 5.92 Å². The Morgan fingerprint density at radius 2 is 2.28 bits per heavy atom. The summed E-state index contributed by atoms with van der Waals surface area (Å²) in [7, 11) is -1.17. The fraction of sp³-hybridized carbons (Fsp3) is 0.462. The number of hydrogen-bond donors (Lipinski definition) is 1. The van der Waals surface area contributed by atoms with Crippen molar-refractivity contribution in [2.75, 3.05) is 11.5 Å². The third kappa shape index (κ3) is 2.90. The molecule has 1 heterocycles. The highest BCUT2D eigenvalue weighted by Crippen LogP contribution is 2.21. The fourth-order valence-electron chi connectivity index (χ4n) is 1.92. The number of nitrogen functional groups attached to an aromatic ring is 1. The average Bonchev–Trinajstić information content (AvgIpc) is 2.72. The molecule has 0 bridgehead atoms. The summed E-state index contributed by atoms with van der Waals surface area (Å²) in [6.45, 7) is 4.23. The maximum atomic E-state index is 12.1. The van der Waals surface area contributed by atoms with Gasteiger partial charge in [0.25, 0.3) is 5.22 Å². The molecule has 2 atom stereocenters. The Balaban J connectivity index is 2.18. The summed E-state index contributed by atoms with van der Waals surface area (Å²) in [5.41, 5.74) is 7.59. The molecule has 4 nitrogen and oxygen atoms in total. The number of anilines is 1. The lowest BCUT2D eigenvalue weighted by Gasteiger charge is -2.06. The molecule has 0 saturated carbocycles. The fourth-order valence-corrected chi connectivity index (χ4v) is 3.13. The van der Waals surface area contributed by atoms with Crippen LogP contribution in [0.15, 0.2) is 27.8 Å². The van der Waals surface area contributed by atoms with Crippen LogP contribution in [0.1, 0.15) is 26.7 Å². The van der Waals surface area contributed by atoms with E-state index in [1.807, 2.05) is 0 Å². The van der Waals surface area contributed by atoms with Crippen molar-refractivity contribution in [2.45, 2.75) is 31.9 Å². The molecule has 5 heteroatoms. The van der Waals surface area contributed by atoms with Gasteiger partial charge in [-0.05, 0) is 18.1 Å². The summed E-state index contributed by atoms with van der Waals surface area (Å²) in [5.74, 6) is 1.01. The van der Waals surface area contributed by atoms with E-state index in [0.717, 1.165) is 12.8 Å². The van der Waals surface area contributed by atoms with Gasteiger partial charge in [0.05, 0.1) is 0 Å². The quantitative estimate of drug-likeness (QED) is 0.845. The molecule has 1 aromatic carbocycles. The Morgan fingerprint density at radius 3 is 3.00 bits per heavy atom. The van der Waals surface area contributed by atoms with Gasteiger partial charge in [0.1, 0.15) is 16.3 Å². The van der Waals surface area contributed by atoms with Gasteiger partial charge in [0.15, 0.2) is 5.58 Å². The molecule has 0 saturated heterocycles. The summed E-state index contributed by atoms with van der Waals surface area (Å²) >= 11 is 0. The zero-order chi connectivity index (χ0) is 13.1. The topological polar surface area (TPSA) is 69.1 Å². The van der Waals surface area contributed by atoms with E-state index in [1.165, 1.54) is 0 Å². The predicted molar refractivity (Wildman–Crippen MR) is 73.8 cm³/mol. The lowest BCUT2D eigenvalue weighted by atomic mass is 10.1. The zero-order valence-corrected chi connectivity index (χ0v) is 11.5. The maximum absolute atomic E-state index is 12.1. The van der Waals surface area contributed by atoms with Crippen LogP contribution in [0.25, 0.3) is 11.1 Å².